The Morgan fingerprint density at radius 3 is 2.55 bits per heavy atom. The summed E-state index contributed by atoms with van der Waals surface area (Å²) in [7, 11) is 1.63. The number of ether oxygens (including phenoxy) is 1. The van der Waals surface area contributed by atoms with Crippen molar-refractivity contribution < 1.29 is 4.74 Å². The van der Waals surface area contributed by atoms with Crippen molar-refractivity contribution in [1.82, 2.24) is 15.0 Å². The lowest BCUT2D eigenvalue weighted by molar-refractivity contribution is 0.415. The Kier molecular flexibility index (Phi) is 4.36. The van der Waals surface area contributed by atoms with Gasteiger partial charge in [0.15, 0.2) is 5.69 Å². The normalized spacial score (nSPS) is 10.6. The molecule has 0 saturated heterocycles. The Morgan fingerprint density at radius 2 is 2.00 bits per heavy atom. The van der Waals surface area contributed by atoms with E-state index in [1.807, 2.05) is 24.3 Å². The third kappa shape index (κ3) is 2.97. The highest BCUT2D eigenvalue weighted by atomic mass is 16.5. The molecular formula is C15H18N4O. The molecule has 0 N–H and O–H groups in total. The van der Waals surface area contributed by atoms with E-state index in [1.54, 1.807) is 11.8 Å². The van der Waals surface area contributed by atoms with Gasteiger partial charge in [-0.15, -0.1) is 5.10 Å². The minimum absolute atomic E-state index is 0.360. The molecule has 5 heteroatoms. The van der Waals surface area contributed by atoms with E-state index >= 15 is 0 Å². The Balaban J connectivity index is 2.37. The van der Waals surface area contributed by atoms with Crippen LogP contribution in [0.2, 0.25) is 0 Å². The Morgan fingerprint density at radius 1 is 1.30 bits per heavy atom. The zero-order valence-corrected chi connectivity index (χ0v) is 12.0. The molecule has 1 heterocycles. The minimum Gasteiger partial charge on any atom is -0.497 e. The standard InChI is InChI=1S/C15H18N4O/c1-11(2)8-9-19-15(14(10-16)17-18-19)12-4-6-13(20-3)7-5-12/h4-7,11H,8-9H2,1-3H3. The van der Waals surface area contributed by atoms with Crippen LogP contribution in [0.3, 0.4) is 0 Å². The fourth-order valence-electron chi connectivity index (χ4n) is 1.96. The Bertz CT molecular complexity index is 608. The maximum absolute atomic E-state index is 9.18. The van der Waals surface area contributed by atoms with Gasteiger partial charge in [-0.05, 0) is 36.6 Å². The first kappa shape index (κ1) is 14.1. The van der Waals surface area contributed by atoms with Crippen molar-refractivity contribution in [3.63, 3.8) is 0 Å². The molecule has 2 rings (SSSR count). The van der Waals surface area contributed by atoms with Crippen molar-refractivity contribution in [3.8, 4) is 23.1 Å². The molecule has 2 aromatic rings. The van der Waals surface area contributed by atoms with Gasteiger partial charge in [-0.2, -0.15) is 5.26 Å². The van der Waals surface area contributed by atoms with Crippen molar-refractivity contribution >= 4 is 0 Å². The molecular weight excluding hydrogens is 252 g/mol. The van der Waals surface area contributed by atoms with Crippen molar-refractivity contribution in [1.29, 1.82) is 5.26 Å². The molecule has 0 aliphatic carbocycles. The Labute approximate surface area is 118 Å². The zero-order chi connectivity index (χ0) is 14.5. The van der Waals surface area contributed by atoms with Crippen LogP contribution in [0.4, 0.5) is 0 Å². The largest absolute Gasteiger partial charge is 0.497 e. The molecule has 0 aliphatic heterocycles. The van der Waals surface area contributed by atoms with Crippen molar-refractivity contribution in [2.45, 2.75) is 26.8 Å². The van der Waals surface area contributed by atoms with Gasteiger partial charge in [-0.1, -0.05) is 19.1 Å². The first-order chi connectivity index (χ1) is 9.65. The summed E-state index contributed by atoms with van der Waals surface area (Å²) in [4.78, 5) is 0. The maximum Gasteiger partial charge on any atom is 0.190 e. The predicted molar refractivity (Wildman–Crippen MR) is 76.2 cm³/mol. The smallest absolute Gasteiger partial charge is 0.190 e. The molecule has 0 atom stereocenters. The third-order valence-electron chi connectivity index (χ3n) is 3.12. The van der Waals surface area contributed by atoms with Crippen LogP contribution in [0.15, 0.2) is 24.3 Å². The van der Waals surface area contributed by atoms with E-state index in [2.05, 4.69) is 30.2 Å². The van der Waals surface area contributed by atoms with Crippen LogP contribution >= 0.6 is 0 Å². The van der Waals surface area contributed by atoms with E-state index in [4.69, 9.17) is 4.74 Å². The van der Waals surface area contributed by atoms with E-state index < -0.39 is 0 Å². The highest BCUT2D eigenvalue weighted by Crippen LogP contribution is 2.24. The predicted octanol–water partition coefficient (Wildman–Crippen LogP) is 2.87. The second-order valence-electron chi connectivity index (χ2n) is 5.03. The summed E-state index contributed by atoms with van der Waals surface area (Å²) >= 11 is 0. The number of rotatable bonds is 5. The van der Waals surface area contributed by atoms with Crippen LogP contribution in [0.5, 0.6) is 5.75 Å². The van der Waals surface area contributed by atoms with E-state index in [1.165, 1.54) is 0 Å². The first-order valence-corrected chi connectivity index (χ1v) is 6.63. The number of methoxy groups -OCH3 is 1. The number of nitrogens with zero attached hydrogens (tertiary/aromatic N) is 4. The van der Waals surface area contributed by atoms with Gasteiger partial charge in [-0.3, -0.25) is 0 Å². The highest BCUT2D eigenvalue weighted by molar-refractivity contribution is 5.65. The van der Waals surface area contributed by atoms with E-state index in [0.29, 0.717) is 11.6 Å². The number of hydrogen-bond donors (Lipinski definition) is 0. The molecule has 1 aromatic heterocycles. The van der Waals surface area contributed by atoms with Gasteiger partial charge in [0.1, 0.15) is 17.5 Å². The van der Waals surface area contributed by atoms with Gasteiger partial charge in [0.2, 0.25) is 0 Å². The molecule has 0 unspecified atom stereocenters. The highest BCUT2D eigenvalue weighted by Gasteiger charge is 2.15. The molecule has 0 amide bonds. The van der Waals surface area contributed by atoms with Crippen LogP contribution in [-0.2, 0) is 6.54 Å². The van der Waals surface area contributed by atoms with Gasteiger partial charge in [0, 0.05) is 12.1 Å². The fraction of sp³-hybridized carbons (Fsp3) is 0.400. The average molecular weight is 270 g/mol. The number of nitriles is 1. The average Bonchev–Trinajstić information content (AvgIpc) is 2.88. The summed E-state index contributed by atoms with van der Waals surface area (Å²) in [5.41, 5.74) is 2.06. The van der Waals surface area contributed by atoms with Gasteiger partial charge < -0.3 is 4.74 Å². The maximum atomic E-state index is 9.18. The summed E-state index contributed by atoms with van der Waals surface area (Å²) in [6, 6.07) is 9.69. The minimum atomic E-state index is 0.360. The lowest BCUT2D eigenvalue weighted by Crippen LogP contribution is -2.05. The fourth-order valence-corrected chi connectivity index (χ4v) is 1.96. The summed E-state index contributed by atoms with van der Waals surface area (Å²) in [5.74, 6) is 1.36. The topological polar surface area (TPSA) is 63.7 Å². The second kappa shape index (κ2) is 6.20. The second-order valence-corrected chi connectivity index (χ2v) is 5.03. The molecule has 0 aliphatic rings. The van der Waals surface area contributed by atoms with Crippen LogP contribution < -0.4 is 4.74 Å². The molecule has 0 radical (unpaired) electrons. The van der Waals surface area contributed by atoms with Gasteiger partial charge in [-0.25, -0.2) is 4.68 Å². The van der Waals surface area contributed by atoms with E-state index in [-0.39, 0.29) is 0 Å². The van der Waals surface area contributed by atoms with Crippen molar-refractivity contribution in [2.75, 3.05) is 7.11 Å². The van der Waals surface area contributed by atoms with Crippen LogP contribution in [-0.4, -0.2) is 22.1 Å². The molecule has 20 heavy (non-hydrogen) atoms. The van der Waals surface area contributed by atoms with Gasteiger partial charge >= 0.3 is 0 Å². The molecule has 0 spiro atoms. The van der Waals surface area contributed by atoms with Crippen LogP contribution in [0, 0.1) is 17.2 Å². The van der Waals surface area contributed by atoms with Crippen LogP contribution in [0.1, 0.15) is 26.0 Å². The number of aryl methyl sites for hydroxylation is 1. The zero-order valence-electron chi connectivity index (χ0n) is 12.0. The molecule has 0 saturated carbocycles. The van der Waals surface area contributed by atoms with E-state index in [9.17, 15) is 5.26 Å². The van der Waals surface area contributed by atoms with Gasteiger partial charge in [0.25, 0.3) is 0 Å². The first-order valence-electron chi connectivity index (χ1n) is 6.63. The molecule has 5 nitrogen and oxygen atoms in total. The van der Waals surface area contributed by atoms with Crippen LogP contribution in [0.25, 0.3) is 11.3 Å². The third-order valence-corrected chi connectivity index (χ3v) is 3.12. The number of aromatic nitrogens is 3. The summed E-state index contributed by atoms with van der Waals surface area (Å²) in [5, 5.41) is 17.2. The quantitative estimate of drug-likeness (QED) is 0.838. The number of benzene rings is 1. The lowest BCUT2D eigenvalue weighted by Gasteiger charge is -2.09. The molecule has 0 bridgehead atoms. The van der Waals surface area contributed by atoms with E-state index in [0.717, 1.165) is 30.0 Å². The lowest BCUT2D eigenvalue weighted by atomic mass is 10.1. The summed E-state index contributed by atoms with van der Waals surface area (Å²) in [6.45, 7) is 5.08. The Hall–Kier alpha value is -2.35. The molecule has 0 fully saturated rings. The summed E-state index contributed by atoms with van der Waals surface area (Å²) in [6.07, 6.45) is 0.997. The molecule has 104 valence electrons. The SMILES string of the molecule is COc1ccc(-c2c(C#N)nnn2CCC(C)C)cc1. The summed E-state index contributed by atoms with van der Waals surface area (Å²) < 4.78 is 6.96. The monoisotopic (exact) mass is 270 g/mol. The number of hydrogen-bond acceptors (Lipinski definition) is 4. The van der Waals surface area contributed by atoms with Crippen molar-refractivity contribution in [3.05, 3.63) is 30.0 Å². The van der Waals surface area contributed by atoms with Gasteiger partial charge in [0.05, 0.1) is 7.11 Å². The van der Waals surface area contributed by atoms with Crippen molar-refractivity contribution in [2.24, 2.45) is 5.92 Å². The molecule has 1 aromatic carbocycles.